The van der Waals surface area contributed by atoms with Gasteiger partial charge in [0.1, 0.15) is 0 Å². The number of hydrogen-bond donors (Lipinski definition) is 1. The lowest BCUT2D eigenvalue weighted by Crippen LogP contribution is -2.59. The highest BCUT2D eigenvalue weighted by Gasteiger charge is 2.29. The molecule has 2 atom stereocenters. The number of rotatable bonds is 5. The number of halogens is 2. The first-order valence-corrected chi connectivity index (χ1v) is 7.57. The number of nitrogens with zero attached hydrogens (tertiary/aromatic N) is 2. The molecule has 0 radical (unpaired) electrons. The zero-order valence-corrected chi connectivity index (χ0v) is 13.1. The quantitative estimate of drug-likeness (QED) is 0.893. The van der Waals surface area contributed by atoms with Crippen molar-refractivity contribution in [3.05, 3.63) is 35.4 Å². The van der Waals surface area contributed by atoms with E-state index in [1.54, 1.807) is 6.07 Å². The Morgan fingerprint density at radius 1 is 1.24 bits per heavy atom. The van der Waals surface area contributed by atoms with Gasteiger partial charge in [-0.15, -0.1) is 0 Å². The van der Waals surface area contributed by atoms with Crippen molar-refractivity contribution >= 4 is 0 Å². The molecule has 1 fully saturated rings. The zero-order valence-electron chi connectivity index (χ0n) is 13.1. The van der Waals surface area contributed by atoms with Gasteiger partial charge in [0.15, 0.2) is 11.6 Å². The van der Waals surface area contributed by atoms with Gasteiger partial charge in [-0.3, -0.25) is 4.90 Å². The molecule has 0 spiro atoms. The average Bonchev–Trinajstić information content (AvgIpc) is 2.45. The molecule has 5 heteroatoms. The molecule has 3 nitrogen and oxygen atoms in total. The minimum absolute atomic E-state index is 0.229. The van der Waals surface area contributed by atoms with Crippen LogP contribution in [0.5, 0.6) is 0 Å². The average molecular weight is 297 g/mol. The molecule has 2 unspecified atom stereocenters. The molecule has 1 aromatic rings. The molecule has 0 aliphatic carbocycles. The fourth-order valence-electron chi connectivity index (χ4n) is 3.01. The monoisotopic (exact) mass is 297 g/mol. The van der Waals surface area contributed by atoms with Crippen molar-refractivity contribution < 1.29 is 8.78 Å². The molecule has 2 rings (SSSR count). The summed E-state index contributed by atoms with van der Waals surface area (Å²) in [4.78, 5) is 4.67. The molecule has 1 aromatic carbocycles. The van der Waals surface area contributed by atoms with Gasteiger partial charge in [-0.25, -0.2) is 8.78 Å². The molecule has 1 aliphatic heterocycles. The third-order valence-corrected chi connectivity index (χ3v) is 4.27. The Morgan fingerprint density at radius 3 is 2.67 bits per heavy atom. The SMILES string of the molecule is CCNC(Cc1ccc(F)c(F)c1)C1CN(C)CCN1C. The fraction of sp³-hybridized carbons (Fsp3) is 0.625. The van der Waals surface area contributed by atoms with Crippen LogP contribution in [0.4, 0.5) is 8.78 Å². The Balaban J connectivity index is 2.12. The highest BCUT2D eigenvalue weighted by molar-refractivity contribution is 5.19. The maximum atomic E-state index is 13.4. The number of piperazine rings is 1. The molecule has 1 heterocycles. The van der Waals surface area contributed by atoms with Crippen molar-refractivity contribution in [2.24, 2.45) is 0 Å². The van der Waals surface area contributed by atoms with Crippen LogP contribution in [0.3, 0.4) is 0 Å². The number of likely N-dealkylation sites (N-methyl/N-ethyl adjacent to an activating group) is 3. The lowest BCUT2D eigenvalue weighted by Gasteiger charge is -2.42. The van der Waals surface area contributed by atoms with Gasteiger partial charge in [-0.1, -0.05) is 13.0 Å². The first kappa shape index (κ1) is 16.3. The largest absolute Gasteiger partial charge is 0.312 e. The van der Waals surface area contributed by atoms with Crippen LogP contribution in [0.1, 0.15) is 12.5 Å². The van der Waals surface area contributed by atoms with Crippen LogP contribution in [0.25, 0.3) is 0 Å². The molecule has 0 aromatic heterocycles. The van der Waals surface area contributed by atoms with E-state index >= 15 is 0 Å². The molecule has 118 valence electrons. The summed E-state index contributed by atoms with van der Waals surface area (Å²) in [6, 6.07) is 4.80. The Bertz CT molecular complexity index is 467. The normalized spacial score (nSPS) is 22.4. The lowest BCUT2D eigenvalue weighted by atomic mass is 9.96. The van der Waals surface area contributed by atoms with Gasteiger partial charge >= 0.3 is 0 Å². The number of hydrogen-bond acceptors (Lipinski definition) is 3. The Kier molecular flexibility index (Phi) is 5.67. The zero-order chi connectivity index (χ0) is 15.4. The van der Waals surface area contributed by atoms with Gasteiger partial charge in [0, 0.05) is 31.7 Å². The topological polar surface area (TPSA) is 18.5 Å². The summed E-state index contributed by atoms with van der Waals surface area (Å²) in [5.74, 6) is -1.55. The van der Waals surface area contributed by atoms with Crippen LogP contribution in [-0.4, -0.2) is 62.2 Å². The molecule has 0 bridgehead atoms. The molecule has 0 saturated carbocycles. The second-order valence-electron chi connectivity index (χ2n) is 5.93. The second kappa shape index (κ2) is 7.29. The summed E-state index contributed by atoms with van der Waals surface area (Å²) in [6.07, 6.45) is 0.702. The standard InChI is InChI=1S/C16H25F2N3/c1-4-19-15(16-11-20(2)7-8-21(16)3)10-12-5-6-13(17)14(18)9-12/h5-6,9,15-16,19H,4,7-8,10-11H2,1-3H3. The number of nitrogens with one attached hydrogen (secondary N) is 1. The van der Waals surface area contributed by atoms with Gasteiger partial charge < -0.3 is 10.2 Å². The maximum Gasteiger partial charge on any atom is 0.159 e. The molecular weight excluding hydrogens is 272 g/mol. The minimum atomic E-state index is -0.784. The Labute approximate surface area is 125 Å². The van der Waals surface area contributed by atoms with E-state index in [9.17, 15) is 8.78 Å². The van der Waals surface area contributed by atoms with E-state index in [1.165, 1.54) is 12.1 Å². The third kappa shape index (κ3) is 4.22. The maximum absolute atomic E-state index is 13.4. The Morgan fingerprint density at radius 2 is 2.00 bits per heavy atom. The summed E-state index contributed by atoms with van der Waals surface area (Å²) >= 11 is 0. The smallest absolute Gasteiger partial charge is 0.159 e. The molecular formula is C16H25F2N3. The summed E-state index contributed by atoms with van der Waals surface area (Å²) < 4.78 is 26.4. The summed E-state index contributed by atoms with van der Waals surface area (Å²) in [7, 11) is 4.26. The van der Waals surface area contributed by atoms with E-state index in [2.05, 4.69) is 36.1 Å². The first-order valence-electron chi connectivity index (χ1n) is 7.57. The first-order chi connectivity index (χ1) is 10.0. The summed E-state index contributed by atoms with van der Waals surface area (Å²) in [5.41, 5.74) is 0.835. The van der Waals surface area contributed by atoms with Crippen LogP contribution in [0, 0.1) is 11.6 Å². The minimum Gasteiger partial charge on any atom is -0.312 e. The molecule has 1 aliphatic rings. The van der Waals surface area contributed by atoms with E-state index in [4.69, 9.17) is 0 Å². The van der Waals surface area contributed by atoms with Crippen LogP contribution >= 0.6 is 0 Å². The molecule has 1 saturated heterocycles. The van der Waals surface area contributed by atoms with Crippen molar-refractivity contribution in [2.75, 3.05) is 40.3 Å². The van der Waals surface area contributed by atoms with Gasteiger partial charge in [-0.2, -0.15) is 0 Å². The van der Waals surface area contributed by atoms with E-state index in [0.29, 0.717) is 12.5 Å². The molecule has 0 amide bonds. The number of benzene rings is 1. The predicted molar refractivity (Wildman–Crippen MR) is 81.4 cm³/mol. The highest BCUT2D eigenvalue weighted by atomic mass is 19.2. The van der Waals surface area contributed by atoms with E-state index < -0.39 is 11.6 Å². The fourth-order valence-corrected chi connectivity index (χ4v) is 3.01. The van der Waals surface area contributed by atoms with Crippen LogP contribution in [-0.2, 0) is 6.42 Å². The Hall–Kier alpha value is -1.04. The highest BCUT2D eigenvalue weighted by Crippen LogP contribution is 2.16. The van der Waals surface area contributed by atoms with Crippen molar-refractivity contribution in [3.8, 4) is 0 Å². The van der Waals surface area contributed by atoms with Crippen LogP contribution in [0.2, 0.25) is 0 Å². The summed E-state index contributed by atoms with van der Waals surface area (Å²) in [5, 5.41) is 3.50. The van der Waals surface area contributed by atoms with Gasteiger partial charge in [0.05, 0.1) is 0 Å². The molecule has 1 N–H and O–H groups in total. The van der Waals surface area contributed by atoms with Crippen LogP contribution in [0.15, 0.2) is 18.2 Å². The van der Waals surface area contributed by atoms with E-state index in [0.717, 1.165) is 31.7 Å². The lowest BCUT2D eigenvalue weighted by molar-refractivity contribution is 0.0880. The van der Waals surface area contributed by atoms with Crippen molar-refractivity contribution in [2.45, 2.75) is 25.4 Å². The summed E-state index contributed by atoms with van der Waals surface area (Å²) in [6.45, 7) is 6.02. The van der Waals surface area contributed by atoms with E-state index in [-0.39, 0.29) is 6.04 Å². The van der Waals surface area contributed by atoms with Crippen molar-refractivity contribution in [1.29, 1.82) is 0 Å². The van der Waals surface area contributed by atoms with Gasteiger partial charge in [0.25, 0.3) is 0 Å². The van der Waals surface area contributed by atoms with Crippen molar-refractivity contribution in [3.63, 3.8) is 0 Å². The van der Waals surface area contributed by atoms with Gasteiger partial charge in [0.2, 0.25) is 0 Å². The third-order valence-electron chi connectivity index (χ3n) is 4.27. The van der Waals surface area contributed by atoms with Crippen LogP contribution < -0.4 is 5.32 Å². The van der Waals surface area contributed by atoms with Gasteiger partial charge in [-0.05, 0) is 44.8 Å². The predicted octanol–water partition coefficient (Wildman–Crippen LogP) is 1.73. The second-order valence-corrected chi connectivity index (χ2v) is 5.93. The molecule has 21 heavy (non-hydrogen) atoms. The van der Waals surface area contributed by atoms with Crippen molar-refractivity contribution in [1.82, 2.24) is 15.1 Å². The van der Waals surface area contributed by atoms with E-state index in [1.807, 2.05) is 0 Å².